The first-order valence-corrected chi connectivity index (χ1v) is 8.06. The highest BCUT2D eigenvalue weighted by Crippen LogP contribution is 2.29. The molecule has 2 fully saturated rings. The van der Waals surface area contributed by atoms with Crippen LogP contribution in [0.25, 0.3) is 0 Å². The van der Waals surface area contributed by atoms with E-state index in [1.165, 1.54) is 44.9 Å². The number of hydrazine groups is 1. The summed E-state index contributed by atoms with van der Waals surface area (Å²) < 4.78 is 0. The van der Waals surface area contributed by atoms with Crippen molar-refractivity contribution in [3.05, 3.63) is 0 Å². The number of rotatable bonds is 6. The Balaban J connectivity index is 1.63. The van der Waals surface area contributed by atoms with Crippen molar-refractivity contribution in [3.63, 3.8) is 0 Å². The standard InChI is InChI=1S/C14H25N7/c15-20-13-17-12(16-8-7-11-5-4-6-11)18-14(19-13)21-9-2-1-3-10-21/h11H,1-10,15H2,(H2,16,17,18,19,20). The summed E-state index contributed by atoms with van der Waals surface area (Å²) in [7, 11) is 0. The van der Waals surface area contributed by atoms with Gasteiger partial charge in [-0.25, -0.2) is 5.84 Å². The fourth-order valence-corrected chi connectivity index (χ4v) is 2.91. The quantitative estimate of drug-likeness (QED) is 0.543. The van der Waals surface area contributed by atoms with E-state index in [0.717, 1.165) is 31.5 Å². The number of nitrogen functional groups attached to an aromatic ring is 1. The van der Waals surface area contributed by atoms with Crippen LogP contribution in [-0.4, -0.2) is 34.6 Å². The van der Waals surface area contributed by atoms with Gasteiger partial charge in [0.25, 0.3) is 0 Å². The molecule has 0 atom stereocenters. The van der Waals surface area contributed by atoms with E-state index in [9.17, 15) is 0 Å². The average molecular weight is 291 g/mol. The molecule has 7 heteroatoms. The van der Waals surface area contributed by atoms with Crippen molar-refractivity contribution in [2.45, 2.75) is 44.9 Å². The van der Waals surface area contributed by atoms with E-state index < -0.39 is 0 Å². The Morgan fingerprint density at radius 3 is 2.43 bits per heavy atom. The third-order valence-corrected chi connectivity index (χ3v) is 4.45. The minimum Gasteiger partial charge on any atom is -0.354 e. The van der Waals surface area contributed by atoms with Gasteiger partial charge in [0.15, 0.2) is 0 Å². The normalized spacial score (nSPS) is 19.2. The number of nitrogens with one attached hydrogen (secondary N) is 2. The van der Waals surface area contributed by atoms with E-state index >= 15 is 0 Å². The molecule has 1 aliphatic heterocycles. The zero-order valence-corrected chi connectivity index (χ0v) is 12.5. The van der Waals surface area contributed by atoms with E-state index in [4.69, 9.17) is 5.84 Å². The Kier molecular flexibility index (Phi) is 4.69. The van der Waals surface area contributed by atoms with Crippen LogP contribution in [0.3, 0.4) is 0 Å². The lowest BCUT2D eigenvalue weighted by Crippen LogP contribution is -2.32. The molecule has 116 valence electrons. The molecule has 1 saturated carbocycles. The zero-order valence-electron chi connectivity index (χ0n) is 12.5. The molecule has 1 aromatic heterocycles. The predicted octanol–water partition coefficient (Wildman–Crippen LogP) is 1.75. The number of nitrogens with two attached hydrogens (primary N) is 1. The van der Waals surface area contributed by atoms with Crippen LogP contribution in [0.5, 0.6) is 0 Å². The van der Waals surface area contributed by atoms with Gasteiger partial charge in [-0.2, -0.15) is 15.0 Å². The Morgan fingerprint density at radius 1 is 1.00 bits per heavy atom. The summed E-state index contributed by atoms with van der Waals surface area (Å²) >= 11 is 0. The number of aromatic nitrogens is 3. The second-order valence-corrected chi connectivity index (χ2v) is 5.99. The lowest BCUT2D eigenvalue weighted by atomic mass is 9.83. The second-order valence-electron chi connectivity index (χ2n) is 5.99. The summed E-state index contributed by atoms with van der Waals surface area (Å²) in [6, 6.07) is 0. The molecule has 2 heterocycles. The lowest BCUT2D eigenvalue weighted by molar-refractivity contribution is 0.303. The van der Waals surface area contributed by atoms with E-state index in [1.807, 2.05) is 0 Å². The maximum absolute atomic E-state index is 5.48. The van der Waals surface area contributed by atoms with Gasteiger partial charge in [0.1, 0.15) is 0 Å². The van der Waals surface area contributed by atoms with Gasteiger partial charge in [-0.15, -0.1) is 0 Å². The van der Waals surface area contributed by atoms with Gasteiger partial charge in [-0.1, -0.05) is 19.3 Å². The molecule has 0 aromatic carbocycles. The molecule has 1 aliphatic carbocycles. The van der Waals surface area contributed by atoms with E-state index in [1.54, 1.807) is 0 Å². The first kappa shape index (κ1) is 14.3. The SMILES string of the molecule is NNc1nc(NCCC2CCC2)nc(N2CCCCC2)n1. The summed E-state index contributed by atoms with van der Waals surface area (Å²) in [6.07, 6.45) is 8.99. The van der Waals surface area contributed by atoms with Gasteiger partial charge in [0.05, 0.1) is 0 Å². The van der Waals surface area contributed by atoms with Gasteiger partial charge in [0, 0.05) is 19.6 Å². The van der Waals surface area contributed by atoms with Crippen molar-refractivity contribution in [3.8, 4) is 0 Å². The molecule has 4 N–H and O–H groups in total. The second kappa shape index (κ2) is 6.89. The minimum absolute atomic E-state index is 0.428. The largest absolute Gasteiger partial charge is 0.354 e. The van der Waals surface area contributed by atoms with Crippen LogP contribution in [0.15, 0.2) is 0 Å². The molecule has 2 aliphatic rings. The summed E-state index contributed by atoms with van der Waals surface area (Å²) in [5, 5.41) is 3.31. The van der Waals surface area contributed by atoms with Crippen molar-refractivity contribution < 1.29 is 0 Å². The summed E-state index contributed by atoms with van der Waals surface area (Å²) in [6.45, 7) is 2.93. The number of hydrogen-bond donors (Lipinski definition) is 3. The number of anilines is 3. The third kappa shape index (κ3) is 3.72. The lowest BCUT2D eigenvalue weighted by Gasteiger charge is -2.27. The molecule has 0 amide bonds. The molecule has 3 rings (SSSR count). The molecular weight excluding hydrogens is 266 g/mol. The van der Waals surface area contributed by atoms with Gasteiger partial charge in [0.2, 0.25) is 17.8 Å². The Hall–Kier alpha value is -1.63. The Bertz CT molecular complexity index is 455. The minimum atomic E-state index is 0.428. The zero-order chi connectivity index (χ0) is 14.5. The Labute approximate surface area is 125 Å². The van der Waals surface area contributed by atoms with Crippen molar-refractivity contribution in [2.75, 3.05) is 35.3 Å². The number of nitrogens with zero attached hydrogens (tertiary/aromatic N) is 4. The number of piperidine rings is 1. The smallest absolute Gasteiger partial charge is 0.243 e. The molecule has 1 aromatic rings. The topological polar surface area (TPSA) is 92.0 Å². The van der Waals surface area contributed by atoms with E-state index in [2.05, 4.69) is 30.6 Å². The number of hydrogen-bond acceptors (Lipinski definition) is 7. The molecule has 0 spiro atoms. The molecule has 1 saturated heterocycles. The van der Waals surface area contributed by atoms with Crippen molar-refractivity contribution in [2.24, 2.45) is 11.8 Å². The van der Waals surface area contributed by atoms with E-state index in [-0.39, 0.29) is 0 Å². The van der Waals surface area contributed by atoms with Crippen molar-refractivity contribution in [1.29, 1.82) is 0 Å². The maximum atomic E-state index is 5.48. The van der Waals surface area contributed by atoms with Crippen LogP contribution in [0.4, 0.5) is 17.8 Å². The van der Waals surface area contributed by atoms with E-state index in [0.29, 0.717) is 11.9 Å². The van der Waals surface area contributed by atoms with Crippen LogP contribution in [0.2, 0.25) is 0 Å². The summed E-state index contributed by atoms with van der Waals surface area (Å²) in [5.74, 6) is 8.13. The first-order chi connectivity index (χ1) is 10.3. The van der Waals surface area contributed by atoms with Gasteiger partial charge in [-0.3, -0.25) is 5.43 Å². The monoisotopic (exact) mass is 291 g/mol. The first-order valence-electron chi connectivity index (χ1n) is 8.06. The van der Waals surface area contributed by atoms with Crippen LogP contribution in [0.1, 0.15) is 44.9 Å². The molecule has 21 heavy (non-hydrogen) atoms. The maximum Gasteiger partial charge on any atom is 0.243 e. The van der Waals surface area contributed by atoms with Crippen LogP contribution in [0, 0.1) is 5.92 Å². The highest BCUT2D eigenvalue weighted by molar-refractivity contribution is 5.43. The summed E-state index contributed by atoms with van der Waals surface area (Å²) in [4.78, 5) is 15.4. The fraction of sp³-hybridized carbons (Fsp3) is 0.786. The molecule has 0 unspecified atom stereocenters. The van der Waals surface area contributed by atoms with Crippen LogP contribution in [-0.2, 0) is 0 Å². The molecule has 0 bridgehead atoms. The molecular formula is C14H25N7. The average Bonchev–Trinajstić information content (AvgIpc) is 2.50. The summed E-state index contributed by atoms with van der Waals surface area (Å²) in [5.41, 5.74) is 2.54. The van der Waals surface area contributed by atoms with Gasteiger partial charge in [-0.05, 0) is 31.6 Å². The van der Waals surface area contributed by atoms with Crippen molar-refractivity contribution >= 4 is 17.8 Å². The van der Waals surface area contributed by atoms with Crippen LogP contribution >= 0.6 is 0 Å². The third-order valence-electron chi connectivity index (χ3n) is 4.45. The highest BCUT2D eigenvalue weighted by Gasteiger charge is 2.18. The Morgan fingerprint density at radius 2 is 1.76 bits per heavy atom. The van der Waals surface area contributed by atoms with Gasteiger partial charge >= 0.3 is 0 Å². The van der Waals surface area contributed by atoms with Gasteiger partial charge < -0.3 is 10.2 Å². The van der Waals surface area contributed by atoms with Crippen molar-refractivity contribution in [1.82, 2.24) is 15.0 Å². The molecule has 0 radical (unpaired) electrons. The highest BCUT2D eigenvalue weighted by atomic mass is 15.4. The van der Waals surface area contributed by atoms with Crippen LogP contribution < -0.4 is 21.5 Å². The predicted molar refractivity (Wildman–Crippen MR) is 84.1 cm³/mol. The fourth-order valence-electron chi connectivity index (χ4n) is 2.91. The molecule has 7 nitrogen and oxygen atoms in total.